The van der Waals surface area contributed by atoms with Gasteiger partial charge in [-0.2, -0.15) is 0 Å². The van der Waals surface area contributed by atoms with Crippen LogP contribution in [-0.2, 0) is 16.0 Å². The molecule has 0 radical (unpaired) electrons. The molecule has 5 nitrogen and oxygen atoms in total. The number of thiophene rings is 1. The van der Waals surface area contributed by atoms with E-state index in [1.165, 1.54) is 11.3 Å². The van der Waals surface area contributed by atoms with E-state index in [1.807, 2.05) is 13.8 Å². The van der Waals surface area contributed by atoms with Gasteiger partial charge in [-0.3, -0.25) is 4.79 Å². The second kappa shape index (κ2) is 9.39. The Kier molecular flexibility index (Phi) is 7.49. The van der Waals surface area contributed by atoms with Crippen LogP contribution in [0.3, 0.4) is 0 Å². The molecule has 0 fully saturated rings. The molecule has 1 amide bonds. The molecule has 0 bridgehead atoms. The minimum Gasteiger partial charge on any atom is -0.482 e. The highest BCUT2D eigenvalue weighted by Crippen LogP contribution is 2.34. The number of amides is 1. The first-order valence-electron chi connectivity index (χ1n) is 8.04. The minimum atomic E-state index is -0.430. The van der Waals surface area contributed by atoms with Crippen molar-refractivity contribution in [1.82, 2.24) is 0 Å². The predicted molar refractivity (Wildman–Crippen MR) is 108 cm³/mol. The minimum absolute atomic E-state index is 0.220. The van der Waals surface area contributed by atoms with Gasteiger partial charge in [0, 0.05) is 9.35 Å². The Morgan fingerprint density at radius 2 is 2.04 bits per heavy atom. The number of hydrogen-bond donors (Lipinski definition) is 1. The van der Waals surface area contributed by atoms with Crippen molar-refractivity contribution in [2.75, 3.05) is 18.5 Å². The lowest BCUT2D eigenvalue weighted by Gasteiger charge is -2.10. The Bertz CT molecular complexity index is 822. The molecule has 2 aromatic rings. The summed E-state index contributed by atoms with van der Waals surface area (Å²) in [5.74, 6) is -0.397. The van der Waals surface area contributed by atoms with E-state index >= 15 is 0 Å². The maximum absolute atomic E-state index is 12.3. The van der Waals surface area contributed by atoms with E-state index in [2.05, 4.69) is 21.2 Å². The number of esters is 1. The zero-order chi connectivity index (χ0) is 19.3. The van der Waals surface area contributed by atoms with E-state index in [0.29, 0.717) is 27.8 Å². The third kappa shape index (κ3) is 4.99. The van der Waals surface area contributed by atoms with Crippen molar-refractivity contribution in [2.24, 2.45) is 0 Å². The van der Waals surface area contributed by atoms with Crippen molar-refractivity contribution in [3.8, 4) is 5.75 Å². The van der Waals surface area contributed by atoms with Gasteiger partial charge < -0.3 is 14.8 Å². The molecule has 1 aromatic heterocycles. The Morgan fingerprint density at radius 1 is 1.31 bits per heavy atom. The molecule has 1 aromatic carbocycles. The van der Waals surface area contributed by atoms with Gasteiger partial charge in [0.1, 0.15) is 10.8 Å². The van der Waals surface area contributed by atoms with Crippen LogP contribution in [0.1, 0.15) is 34.6 Å². The highest BCUT2D eigenvalue weighted by molar-refractivity contribution is 9.10. The monoisotopic (exact) mass is 459 g/mol. The van der Waals surface area contributed by atoms with E-state index in [1.54, 1.807) is 25.1 Å². The van der Waals surface area contributed by atoms with Gasteiger partial charge in [-0.15, -0.1) is 11.3 Å². The molecule has 2 rings (SSSR count). The lowest BCUT2D eigenvalue weighted by molar-refractivity contribution is -0.118. The van der Waals surface area contributed by atoms with Gasteiger partial charge in [-0.1, -0.05) is 34.5 Å². The van der Waals surface area contributed by atoms with Crippen molar-refractivity contribution in [1.29, 1.82) is 0 Å². The topological polar surface area (TPSA) is 64.6 Å². The van der Waals surface area contributed by atoms with Crippen LogP contribution >= 0.6 is 38.9 Å². The molecular weight excluding hydrogens is 442 g/mol. The first-order valence-corrected chi connectivity index (χ1v) is 10.0. The summed E-state index contributed by atoms with van der Waals surface area (Å²) in [7, 11) is 0. The number of nitrogens with one attached hydrogen (secondary N) is 1. The molecule has 140 valence electrons. The van der Waals surface area contributed by atoms with Gasteiger partial charge in [0.25, 0.3) is 5.91 Å². The van der Waals surface area contributed by atoms with Crippen LogP contribution in [0.15, 0.2) is 22.7 Å². The fourth-order valence-electron chi connectivity index (χ4n) is 2.41. The van der Waals surface area contributed by atoms with Crippen LogP contribution < -0.4 is 10.1 Å². The first kappa shape index (κ1) is 20.7. The zero-order valence-electron chi connectivity index (χ0n) is 14.7. The highest BCUT2D eigenvalue weighted by Gasteiger charge is 2.23. The van der Waals surface area contributed by atoms with E-state index in [4.69, 9.17) is 21.1 Å². The van der Waals surface area contributed by atoms with Gasteiger partial charge >= 0.3 is 5.97 Å². The molecule has 1 heterocycles. The number of halogens is 2. The fourth-order valence-corrected chi connectivity index (χ4v) is 4.29. The third-order valence-corrected chi connectivity index (χ3v) is 5.40. The number of rotatable bonds is 7. The third-order valence-electron chi connectivity index (χ3n) is 3.55. The number of carbonyl (C=O) groups excluding carboxylic acids is 2. The molecule has 0 unspecified atom stereocenters. The van der Waals surface area contributed by atoms with Gasteiger partial charge in [0.2, 0.25) is 0 Å². The van der Waals surface area contributed by atoms with Gasteiger partial charge in [0.15, 0.2) is 6.61 Å². The van der Waals surface area contributed by atoms with E-state index < -0.39 is 5.97 Å². The summed E-state index contributed by atoms with van der Waals surface area (Å²) in [6, 6.07) is 5.13. The highest BCUT2D eigenvalue weighted by atomic mass is 79.9. The van der Waals surface area contributed by atoms with Crippen LogP contribution in [-0.4, -0.2) is 25.1 Å². The molecule has 1 N–H and O–H groups in total. The van der Waals surface area contributed by atoms with E-state index in [9.17, 15) is 9.59 Å². The summed E-state index contributed by atoms with van der Waals surface area (Å²) in [6.45, 7) is 5.68. The quantitative estimate of drug-likeness (QED) is 0.575. The Balaban J connectivity index is 2.12. The van der Waals surface area contributed by atoms with Crippen LogP contribution in [0.2, 0.25) is 5.02 Å². The number of benzene rings is 1. The summed E-state index contributed by atoms with van der Waals surface area (Å²) in [5.41, 5.74) is 1.31. The van der Waals surface area contributed by atoms with Crippen molar-refractivity contribution in [3.05, 3.63) is 43.7 Å². The van der Waals surface area contributed by atoms with Gasteiger partial charge in [-0.05, 0) is 44.0 Å². The van der Waals surface area contributed by atoms with Crippen molar-refractivity contribution >= 4 is 55.7 Å². The molecule has 26 heavy (non-hydrogen) atoms. The Morgan fingerprint density at radius 3 is 2.65 bits per heavy atom. The number of ether oxygens (including phenoxy) is 2. The molecule has 0 saturated carbocycles. The van der Waals surface area contributed by atoms with Gasteiger partial charge in [0.05, 0.1) is 17.2 Å². The van der Waals surface area contributed by atoms with E-state index in [0.717, 1.165) is 14.9 Å². The number of hydrogen-bond acceptors (Lipinski definition) is 5. The predicted octanol–water partition coefficient (Wildman–Crippen LogP) is 5.23. The van der Waals surface area contributed by atoms with Crippen molar-refractivity contribution in [2.45, 2.75) is 27.2 Å². The maximum Gasteiger partial charge on any atom is 0.341 e. The van der Waals surface area contributed by atoms with Crippen LogP contribution in [0.5, 0.6) is 5.75 Å². The summed E-state index contributed by atoms with van der Waals surface area (Å²) < 4.78 is 11.4. The van der Waals surface area contributed by atoms with Crippen molar-refractivity contribution < 1.29 is 19.1 Å². The second-order valence-electron chi connectivity index (χ2n) is 5.33. The molecule has 8 heteroatoms. The van der Waals surface area contributed by atoms with Crippen LogP contribution in [0.25, 0.3) is 0 Å². The average Bonchev–Trinajstić information content (AvgIpc) is 2.89. The molecule has 0 aliphatic rings. The normalized spacial score (nSPS) is 10.5. The standard InChI is InChI=1S/C18H19BrClNO4S/c1-4-12-10(3)26-17(16(12)18(23)24-5-2)21-15(22)9-25-14-7-6-11(19)8-13(14)20/h6-8H,4-5,9H2,1-3H3,(H,21,22). The summed E-state index contributed by atoms with van der Waals surface area (Å²) in [5, 5.41) is 3.63. The zero-order valence-corrected chi connectivity index (χ0v) is 17.8. The van der Waals surface area contributed by atoms with Gasteiger partial charge in [-0.25, -0.2) is 4.79 Å². The fraction of sp³-hybridized carbons (Fsp3) is 0.333. The van der Waals surface area contributed by atoms with E-state index in [-0.39, 0.29) is 19.1 Å². The van der Waals surface area contributed by atoms with Crippen molar-refractivity contribution in [3.63, 3.8) is 0 Å². The molecule has 0 saturated heterocycles. The van der Waals surface area contributed by atoms with Crippen LogP contribution in [0, 0.1) is 6.92 Å². The molecule has 0 spiro atoms. The molecule has 0 aliphatic carbocycles. The smallest absolute Gasteiger partial charge is 0.341 e. The summed E-state index contributed by atoms with van der Waals surface area (Å²) >= 11 is 10.7. The number of aryl methyl sites for hydroxylation is 1. The Hall–Kier alpha value is -1.57. The molecular formula is C18H19BrClNO4S. The SMILES string of the molecule is CCOC(=O)c1c(NC(=O)COc2ccc(Br)cc2Cl)sc(C)c1CC. The van der Waals surface area contributed by atoms with Crippen LogP contribution in [0.4, 0.5) is 5.00 Å². The largest absolute Gasteiger partial charge is 0.482 e. The number of anilines is 1. The first-order chi connectivity index (χ1) is 12.4. The molecule has 0 atom stereocenters. The summed E-state index contributed by atoms with van der Waals surface area (Å²) in [4.78, 5) is 25.5. The maximum atomic E-state index is 12.3. The second-order valence-corrected chi connectivity index (χ2v) is 7.87. The Labute approximate surface area is 169 Å². The summed E-state index contributed by atoms with van der Waals surface area (Å²) in [6.07, 6.45) is 0.678. The number of carbonyl (C=O) groups is 2. The lowest BCUT2D eigenvalue weighted by Crippen LogP contribution is -2.21. The lowest BCUT2D eigenvalue weighted by atomic mass is 10.1. The average molecular weight is 461 g/mol. The molecule has 0 aliphatic heterocycles.